The van der Waals surface area contributed by atoms with Crippen LogP contribution in [0, 0.1) is 0 Å². The highest BCUT2D eigenvalue weighted by Gasteiger charge is 2.44. The van der Waals surface area contributed by atoms with Gasteiger partial charge in [-0.15, -0.1) is 0 Å². The van der Waals surface area contributed by atoms with Gasteiger partial charge < -0.3 is 14.6 Å². The zero-order valence-corrected chi connectivity index (χ0v) is 15.3. The molecule has 1 unspecified atom stereocenters. The number of nitrogens with zero attached hydrogens (tertiary/aromatic N) is 2. The smallest absolute Gasteiger partial charge is 0.320 e. The fourth-order valence-corrected chi connectivity index (χ4v) is 3.63. The van der Waals surface area contributed by atoms with Crippen LogP contribution in [0.4, 0.5) is 4.79 Å². The Morgan fingerprint density at radius 2 is 1.69 bits per heavy atom. The van der Waals surface area contributed by atoms with Crippen molar-refractivity contribution in [2.75, 3.05) is 20.6 Å². The van der Waals surface area contributed by atoms with E-state index in [1.807, 2.05) is 53.4 Å². The summed E-state index contributed by atoms with van der Waals surface area (Å²) in [6.45, 7) is 0.523. The molecule has 2 aromatic rings. The second-order valence-electron chi connectivity index (χ2n) is 6.79. The molecule has 0 aromatic heterocycles. The van der Waals surface area contributed by atoms with Crippen LogP contribution < -0.4 is 0 Å². The van der Waals surface area contributed by atoms with Gasteiger partial charge >= 0.3 is 6.03 Å². The molecule has 0 saturated carbocycles. The molecule has 1 aliphatic heterocycles. The molecule has 3 rings (SSSR count). The quantitative estimate of drug-likeness (QED) is 0.768. The van der Waals surface area contributed by atoms with Gasteiger partial charge in [-0.05, 0) is 29.2 Å². The average molecular weight is 348 g/mol. The van der Waals surface area contributed by atoms with E-state index in [-0.39, 0.29) is 6.03 Å². The Labute approximate surface area is 154 Å². The molecule has 26 heavy (non-hydrogen) atoms. The van der Waals surface area contributed by atoms with Crippen LogP contribution in [0.3, 0.4) is 0 Å². The summed E-state index contributed by atoms with van der Waals surface area (Å²) in [4.78, 5) is 27.6. The third kappa shape index (κ3) is 3.27. The van der Waals surface area contributed by atoms with Crippen molar-refractivity contribution in [2.45, 2.75) is 18.4 Å². The van der Waals surface area contributed by atoms with Gasteiger partial charge in [0, 0.05) is 27.1 Å². The SMILES string of the molecule is CN(C)C(=O)N1CC(c2ccccc2)=CC1(CCC=O)c1ccccc1. The zero-order chi connectivity index (χ0) is 18.6. The third-order valence-electron chi connectivity index (χ3n) is 4.90. The Morgan fingerprint density at radius 1 is 1.08 bits per heavy atom. The van der Waals surface area contributed by atoms with Crippen molar-refractivity contribution in [1.82, 2.24) is 9.80 Å². The second-order valence-corrected chi connectivity index (χ2v) is 6.79. The van der Waals surface area contributed by atoms with Crippen molar-refractivity contribution in [1.29, 1.82) is 0 Å². The van der Waals surface area contributed by atoms with E-state index in [9.17, 15) is 9.59 Å². The van der Waals surface area contributed by atoms with Crippen LogP contribution in [0.15, 0.2) is 66.7 Å². The molecule has 2 aromatic carbocycles. The van der Waals surface area contributed by atoms with E-state index < -0.39 is 5.54 Å². The van der Waals surface area contributed by atoms with Gasteiger partial charge in [0.1, 0.15) is 6.29 Å². The summed E-state index contributed by atoms with van der Waals surface area (Å²) in [7, 11) is 3.52. The molecule has 0 saturated heterocycles. The van der Waals surface area contributed by atoms with Crippen LogP contribution in [0.1, 0.15) is 24.0 Å². The Bertz CT molecular complexity index is 799. The van der Waals surface area contributed by atoms with Gasteiger partial charge in [-0.2, -0.15) is 0 Å². The number of urea groups is 1. The predicted molar refractivity (Wildman–Crippen MR) is 104 cm³/mol. The number of hydrogen-bond acceptors (Lipinski definition) is 2. The first-order valence-corrected chi connectivity index (χ1v) is 8.84. The minimum atomic E-state index is -0.616. The fourth-order valence-electron chi connectivity index (χ4n) is 3.63. The summed E-state index contributed by atoms with van der Waals surface area (Å²) in [6, 6.07) is 20.0. The lowest BCUT2D eigenvalue weighted by Crippen LogP contribution is -2.49. The normalized spacial score (nSPS) is 19.2. The number of hydrogen-bond donors (Lipinski definition) is 0. The topological polar surface area (TPSA) is 40.6 Å². The van der Waals surface area contributed by atoms with Crippen molar-refractivity contribution in [3.05, 3.63) is 77.9 Å². The Balaban J connectivity index is 2.15. The van der Waals surface area contributed by atoms with Gasteiger partial charge in [0.05, 0.1) is 5.54 Å². The van der Waals surface area contributed by atoms with E-state index >= 15 is 0 Å². The minimum Gasteiger partial charge on any atom is -0.331 e. The molecule has 1 heterocycles. The summed E-state index contributed by atoms with van der Waals surface area (Å²) in [5, 5.41) is 0. The fraction of sp³-hybridized carbons (Fsp3) is 0.273. The van der Waals surface area contributed by atoms with Crippen LogP contribution in [-0.2, 0) is 10.3 Å². The van der Waals surface area contributed by atoms with E-state index in [0.29, 0.717) is 19.4 Å². The van der Waals surface area contributed by atoms with Crippen LogP contribution >= 0.6 is 0 Å². The average Bonchev–Trinajstić information content (AvgIpc) is 3.08. The van der Waals surface area contributed by atoms with Crippen molar-refractivity contribution >= 4 is 17.9 Å². The Morgan fingerprint density at radius 3 is 2.27 bits per heavy atom. The highest BCUT2D eigenvalue weighted by atomic mass is 16.2. The number of rotatable bonds is 5. The molecule has 1 atom stereocenters. The van der Waals surface area contributed by atoms with E-state index in [4.69, 9.17) is 0 Å². The third-order valence-corrected chi connectivity index (χ3v) is 4.90. The lowest BCUT2D eigenvalue weighted by atomic mass is 9.84. The molecule has 1 aliphatic rings. The van der Waals surface area contributed by atoms with E-state index in [0.717, 1.165) is 23.0 Å². The molecule has 0 fully saturated rings. The molecule has 2 amide bonds. The summed E-state index contributed by atoms with van der Waals surface area (Å²) in [5.41, 5.74) is 2.63. The van der Waals surface area contributed by atoms with Crippen molar-refractivity contribution in [3.8, 4) is 0 Å². The van der Waals surface area contributed by atoms with Gasteiger partial charge in [-0.25, -0.2) is 4.79 Å². The van der Waals surface area contributed by atoms with Crippen LogP contribution in [0.25, 0.3) is 5.57 Å². The highest BCUT2D eigenvalue weighted by molar-refractivity contribution is 5.83. The molecule has 4 nitrogen and oxygen atoms in total. The number of amides is 2. The predicted octanol–water partition coefficient (Wildman–Crippen LogP) is 3.94. The molecule has 134 valence electrons. The van der Waals surface area contributed by atoms with Gasteiger partial charge in [0.2, 0.25) is 0 Å². The Hall–Kier alpha value is -2.88. The van der Waals surface area contributed by atoms with Gasteiger partial charge in [-0.1, -0.05) is 60.7 Å². The number of benzene rings is 2. The van der Waals surface area contributed by atoms with Gasteiger partial charge in [-0.3, -0.25) is 0 Å². The first kappa shape index (κ1) is 17.9. The second kappa shape index (κ2) is 7.56. The summed E-state index contributed by atoms with van der Waals surface area (Å²) in [6.07, 6.45) is 4.06. The molecule has 4 heteroatoms. The maximum atomic E-state index is 13.0. The van der Waals surface area contributed by atoms with Crippen LogP contribution in [0.5, 0.6) is 0 Å². The zero-order valence-electron chi connectivity index (χ0n) is 15.3. The molecule has 0 N–H and O–H groups in total. The number of carbonyl (C=O) groups excluding carboxylic acids is 2. The molecular formula is C22H24N2O2. The number of aldehydes is 1. The highest BCUT2D eigenvalue weighted by Crippen LogP contribution is 2.43. The number of carbonyl (C=O) groups is 2. The maximum absolute atomic E-state index is 13.0. The molecular weight excluding hydrogens is 324 g/mol. The maximum Gasteiger partial charge on any atom is 0.320 e. The largest absolute Gasteiger partial charge is 0.331 e. The molecule has 0 radical (unpaired) electrons. The van der Waals surface area contributed by atoms with E-state index in [1.165, 1.54) is 0 Å². The molecule has 0 aliphatic carbocycles. The minimum absolute atomic E-state index is 0.0538. The summed E-state index contributed by atoms with van der Waals surface area (Å²) >= 11 is 0. The molecule has 0 bridgehead atoms. The van der Waals surface area contributed by atoms with Crippen LogP contribution in [-0.4, -0.2) is 42.8 Å². The first-order chi connectivity index (χ1) is 12.6. The lowest BCUT2D eigenvalue weighted by molar-refractivity contribution is -0.108. The van der Waals surface area contributed by atoms with Crippen molar-refractivity contribution in [2.24, 2.45) is 0 Å². The monoisotopic (exact) mass is 348 g/mol. The molecule has 0 spiro atoms. The standard InChI is InChI=1S/C22H24N2O2/c1-23(2)21(26)24-17-19(18-10-5-3-6-11-18)16-22(24,14-9-15-25)20-12-7-4-8-13-20/h3-8,10-13,15-16H,9,14,17H2,1-2H3. The summed E-state index contributed by atoms with van der Waals surface area (Å²) < 4.78 is 0. The van der Waals surface area contributed by atoms with Gasteiger partial charge in [0.25, 0.3) is 0 Å². The Kier molecular flexibility index (Phi) is 5.21. The van der Waals surface area contributed by atoms with Crippen LogP contribution in [0.2, 0.25) is 0 Å². The van der Waals surface area contributed by atoms with Gasteiger partial charge in [0.15, 0.2) is 0 Å². The van der Waals surface area contributed by atoms with E-state index in [1.54, 1.807) is 19.0 Å². The summed E-state index contributed by atoms with van der Waals surface area (Å²) in [5.74, 6) is 0. The van der Waals surface area contributed by atoms with Crippen molar-refractivity contribution < 1.29 is 9.59 Å². The first-order valence-electron chi connectivity index (χ1n) is 8.84. The van der Waals surface area contributed by atoms with Crippen molar-refractivity contribution in [3.63, 3.8) is 0 Å². The lowest BCUT2D eigenvalue weighted by Gasteiger charge is -2.39. The van der Waals surface area contributed by atoms with E-state index in [2.05, 4.69) is 18.2 Å².